The summed E-state index contributed by atoms with van der Waals surface area (Å²) in [5.41, 5.74) is 0.815. The number of hydrogen-bond donors (Lipinski definition) is 1. The monoisotopic (exact) mass is 392 g/mol. The lowest BCUT2D eigenvalue weighted by atomic mass is 10.2. The van der Waals surface area contributed by atoms with Gasteiger partial charge in [-0.3, -0.25) is 9.10 Å². The first kappa shape index (κ1) is 20.9. The third kappa shape index (κ3) is 5.78. The molecule has 0 unspecified atom stereocenters. The van der Waals surface area contributed by atoms with Crippen molar-refractivity contribution in [1.82, 2.24) is 5.32 Å². The van der Waals surface area contributed by atoms with Gasteiger partial charge in [0.15, 0.2) is 0 Å². The van der Waals surface area contributed by atoms with Gasteiger partial charge < -0.3 is 14.8 Å². The van der Waals surface area contributed by atoms with Gasteiger partial charge in [-0.1, -0.05) is 24.3 Å². The number of carbonyl (C=O) groups excluding carboxylic acids is 1. The molecular formula is C19H24N2O5S. The Hall–Kier alpha value is -2.42. The van der Waals surface area contributed by atoms with Crippen LogP contribution in [-0.2, 0) is 19.5 Å². The third-order valence-corrected chi connectivity index (χ3v) is 5.62. The zero-order valence-corrected chi connectivity index (χ0v) is 16.2. The molecule has 0 aliphatic heterocycles. The van der Waals surface area contributed by atoms with E-state index in [0.717, 1.165) is 0 Å². The molecule has 0 heterocycles. The van der Waals surface area contributed by atoms with E-state index >= 15 is 0 Å². The first-order chi connectivity index (χ1) is 13.0. The van der Waals surface area contributed by atoms with E-state index in [0.29, 0.717) is 32.1 Å². The number of benzene rings is 2. The van der Waals surface area contributed by atoms with Crippen molar-refractivity contribution in [1.29, 1.82) is 0 Å². The molecule has 0 aliphatic rings. The predicted molar refractivity (Wildman–Crippen MR) is 104 cm³/mol. The standard InChI is InChI=1S/C19H24N2O5S/c1-21(17-8-4-3-5-9-17)27(23,24)18-10-6-7-16(15-18)19(22)20-11-12-26-14-13-25-2/h3-10,15H,11-14H2,1-2H3,(H,20,22). The molecule has 0 saturated carbocycles. The van der Waals surface area contributed by atoms with Crippen molar-refractivity contribution < 1.29 is 22.7 Å². The van der Waals surface area contributed by atoms with Gasteiger partial charge in [0.25, 0.3) is 15.9 Å². The van der Waals surface area contributed by atoms with Crippen LogP contribution in [0.3, 0.4) is 0 Å². The van der Waals surface area contributed by atoms with Crippen LogP contribution in [-0.4, -0.2) is 54.8 Å². The summed E-state index contributed by atoms with van der Waals surface area (Å²) in [4.78, 5) is 12.3. The highest BCUT2D eigenvalue weighted by Crippen LogP contribution is 2.22. The fourth-order valence-corrected chi connectivity index (χ4v) is 3.56. The maximum absolute atomic E-state index is 12.8. The molecule has 0 saturated heterocycles. The van der Waals surface area contributed by atoms with E-state index in [-0.39, 0.29) is 16.4 Å². The molecule has 0 atom stereocenters. The molecule has 27 heavy (non-hydrogen) atoms. The summed E-state index contributed by atoms with van der Waals surface area (Å²) in [6.45, 7) is 1.61. The third-order valence-electron chi connectivity index (χ3n) is 3.84. The largest absolute Gasteiger partial charge is 0.382 e. The normalized spacial score (nSPS) is 11.2. The second-order valence-corrected chi connectivity index (χ2v) is 7.67. The van der Waals surface area contributed by atoms with Crippen molar-refractivity contribution >= 4 is 21.6 Å². The maximum Gasteiger partial charge on any atom is 0.264 e. The van der Waals surface area contributed by atoms with E-state index in [1.807, 2.05) is 6.07 Å². The zero-order chi connectivity index (χ0) is 19.7. The van der Waals surface area contributed by atoms with Gasteiger partial charge in [0.05, 0.1) is 30.4 Å². The highest BCUT2D eigenvalue weighted by atomic mass is 32.2. The van der Waals surface area contributed by atoms with Crippen molar-refractivity contribution in [2.75, 3.05) is 44.8 Å². The van der Waals surface area contributed by atoms with Crippen LogP contribution in [0, 0.1) is 0 Å². The highest BCUT2D eigenvalue weighted by Gasteiger charge is 2.22. The quantitative estimate of drug-likeness (QED) is 0.625. The minimum absolute atomic E-state index is 0.0536. The molecule has 2 aromatic rings. The first-order valence-corrected chi connectivity index (χ1v) is 9.89. The van der Waals surface area contributed by atoms with Gasteiger partial charge in [-0.25, -0.2) is 8.42 Å². The van der Waals surface area contributed by atoms with Gasteiger partial charge in [-0.05, 0) is 30.3 Å². The zero-order valence-electron chi connectivity index (χ0n) is 15.4. The van der Waals surface area contributed by atoms with Crippen molar-refractivity contribution in [3.8, 4) is 0 Å². The van der Waals surface area contributed by atoms with Crippen LogP contribution in [0.5, 0.6) is 0 Å². The Balaban J connectivity index is 2.04. The second kappa shape index (κ2) is 10.1. The van der Waals surface area contributed by atoms with E-state index in [2.05, 4.69) is 5.32 Å². The van der Waals surface area contributed by atoms with E-state index < -0.39 is 10.0 Å². The lowest BCUT2D eigenvalue weighted by Crippen LogP contribution is -2.29. The fourth-order valence-electron chi connectivity index (χ4n) is 2.32. The number of rotatable bonds is 10. The SMILES string of the molecule is COCCOCCNC(=O)c1cccc(S(=O)(=O)N(C)c2ccccc2)c1. The van der Waals surface area contributed by atoms with Gasteiger partial charge in [0, 0.05) is 26.3 Å². The summed E-state index contributed by atoms with van der Waals surface area (Å²) >= 11 is 0. The molecule has 1 amide bonds. The molecule has 0 aromatic heterocycles. The molecule has 0 fully saturated rings. The van der Waals surface area contributed by atoms with Gasteiger partial charge in [-0.15, -0.1) is 0 Å². The van der Waals surface area contributed by atoms with Crippen LogP contribution in [0.15, 0.2) is 59.5 Å². The number of carbonyl (C=O) groups is 1. The lowest BCUT2D eigenvalue weighted by Gasteiger charge is -2.19. The number of hydrogen-bond acceptors (Lipinski definition) is 5. The molecule has 0 aliphatic carbocycles. The molecule has 2 rings (SSSR count). The molecule has 0 radical (unpaired) electrons. The molecule has 7 nitrogen and oxygen atoms in total. The Bertz CT molecular complexity index is 840. The summed E-state index contributed by atoms with van der Waals surface area (Å²) in [6.07, 6.45) is 0. The molecule has 1 N–H and O–H groups in total. The van der Waals surface area contributed by atoms with Gasteiger partial charge in [-0.2, -0.15) is 0 Å². The Kier molecular flexibility index (Phi) is 7.78. The molecule has 8 heteroatoms. The summed E-state index contributed by atoms with van der Waals surface area (Å²) < 4.78 is 37.0. The number of methoxy groups -OCH3 is 1. The summed E-state index contributed by atoms with van der Waals surface area (Å²) in [5, 5.41) is 2.70. The number of amides is 1. The predicted octanol–water partition coefficient (Wildman–Crippen LogP) is 1.90. The molecule has 0 bridgehead atoms. The molecule has 146 valence electrons. The number of nitrogens with one attached hydrogen (secondary N) is 1. The Morgan fingerprint density at radius 3 is 2.48 bits per heavy atom. The average Bonchev–Trinajstić information content (AvgIpc) is 2.70. The number of para-hydroxylation sites is 1. The topological polar surface area (TPSA) is 84.9 Å². The van der Waals surface area contributed by atoms with E-state index in [1.54, 1.807) is 43.5 Å². The molecular weight excluding hydrogens is 368 g/mol. The van der Waals surface area contributed by atoms with Gasteiger partial charge in [0.2, 0.25) is 0 Å². The number of nitrogens with zero attached hydrogens (tertiary/aromatic N) is 1. The Labute approximate surface area is 160 Å². The van der Waals surface area contributed by atoms with Gasteiger partial charge >= 0.3 is 0 Å². The number of anilines is 1. The van der Waals surface area contributed by atoms with Crippen molar-refractivity contribution in [2.45, 2.75) is 4.90 Å². The minimum atomic E-state index is -3.77. The number of ether oxygens (including phenoxy) is 2. The summed E-state index contributed by atoms with van der Waals surface area (Å²) in [6, 6.07) is 14.7. The van der Waals surface area contributed by atoms with Crippen molar-refractivity contribution in [3.05, 3.63) is 60.2 Å². The lowest BCUT2D eigenvalue weighted by molar-refractivity contribution is 0.0692. The fraction of sp³-hybridized carbons (Fsp3) is 0.316. The van der Waals surface area contributed by atoms with E-state index in [9.17, 15) is 13.2 Å². The van der Waals surface area contributed by atoms with Gasteiger partial charge in [0.1, 0.15) is 0 Å². The van der Waals surface area contributed by atoms with Crippen LogP contribution in [0.1, 0.15) is 10.4 Å². The Morgan fingerprint density at radius 2 is 1.78 bits per heavy atom. The van der Waals surface area contributed by atoms with Crippen LogP contribution in [0.4, 0.5) is 5.69 Å². The van der Waals surface area contributed by atoms with Crippen LogP contribution in [0.25, 0.3) is 0 Å². The van der Waals surface area contributed by atoms with Crippen LogP contribution >= 0.6 is 0 Å². The van der Waals surface area contributed by atoms with Crippen LogP contribution in [0.2, 0.25) is 0 Å². The average molecular weight is 392 g/mol. The molecule has 0 spiro atoms. The van der Waals surface area contributed by atoms with E-state index in [1.165, 1.54) is 23.5 Å². The van der Waals surface area contributed by atoms with Crippen molar-refractivity contribution in [3.63, 3.8) is 0 Å². The first-order valence-electron chi connectivity index (χ1n) is 8.45. The second-order valence-electron chi connectivity index (χ2n) is 5.70. The maximum atomic E-state index is 12.8. The van der Waals surface area contributed by atoms with E-state index in [4.69, 9.17) is 9.47 Å². The van der Waals surface area contributed by atoms with Crippen molar-refractivity contribution in [2.24, 2.45) is 0 Å². The Morgan fingerprint density at radius 1 is 1.04 bits per heavy atom. The summed E-state index contributed by atoms with van der Waals surface area (Å²) in [7, 11) is -0.703. The minimum Gasteiger partial charge on any atom is -0.382 e. The summed E-state index contributed by atoms with van der Waals surface area (Å²) in [5.74, 6) is -0.357. The molecule has 2 aromatic carbocycles. The smallest absolute Gasteiger partial charge is 0.264 e. The number of sulfonamides is 1. The highest BCUT2D eigenvalue weighted by molar-refractivity contribution is 7.92. The van der Waals surface area contributed by atoms with Crippen LogP contribution < -0.4 is 9.62 Å².